The van der Waals surface area contributed by atoms with Crippen LogP contribution in [0.4, 0.5) is 0 Å². The Hall–Kier alpha value is -2.70. The summed E-state index contributed by atoms with van der Waals surface area (Å²) in [5.74, 6) is 0.920. The van der Waals surface area contributed by atoms with Crippen LogP contribution in [0.1, 0.15) is 34.9 Å². The Kier molecular flexibility index (Phi) is 5.04. The second kappa shape index (κ2) is 7.97. The van der Waals surface area contributed by atoms with E-state index in [1.807, 2.05) is 6.07 Å². The van der Waals surface area contributed by atoms with Crippen LogP contribution < -0.4 is 0 Å². The maximum absolute atomic E-state index is 10.8. The molecule has 6 heteroatoms. The first-order valence-electron chi connectivity index (χ1n) is 10.1. The number of benzene rings is 2. The van der Waals surface area contributed by atoms with Gasteiger partial charge in [0.25, 0.3) is 0 Å². The van der Waals surface area contributed by atoms with E-state index in [4.69, 9.17) is 0 Å². The van der Waals surface area contributed by atoms with Crippen molar-refractivity contribution < 1.29 is 5.11 Å². The van der Waals surface area contributed by atoms with E-state index < -0.39 is 0 Å². The van der Waals surface area contributed by atoms with Crippen LogP contribution in [-0.4, -0.2) is 37.7 Å². The van der Waals surface area contributed by atoms with Crippen molar-refractivity contribution >= 4 is 16.3 Å². The van der Waals surface area contributed by atoms with Gasteiger partial charge in [-0.15, -0.1) is 0 Å². The molecule has 148 valence electrons. The Morgan fingerprint density at radius 3 is 2.38 bits per heavy atom. The molecule has 1 N–H and O–H groups in total. The molecule has 5 nitrogen and oxygen atoms in total. The van der Waals surface area contributed by atoms with E-state index in [1.54, 1.807) is 0 Å². The van der Waals surface area contributed by atoms with E-state index in [0.29, 0.717) is 5.92 Å². The molecule has 1 fully saturated rings. The van der Waals surface area contributed by atoms with E-state index in [9.17, 15) is 5.11 Å². The van der Waals surface area contributed by atoms with Gasteiger partial charge in [0, 0.05) is 0 Å². The monoisotopic (exact) mass is 404 g/mol. The quantitative estimate of drug-likeness (QED) is 0.531. The maximum atomic E-state index is 10.8. The Morgan fingerprint density at radius 1 is 1.00 bits per heavy atom. The van der Waals surface area contributed by atoms with Gasteiger partial charge in [0.15, 0.2) is 0 Å². The van der Waals surface area contributed by atoms with Crippen molar-refractivity contribution in [1.82, 2.24) is 19.5 Å². The van der Waals surface area contributed by atoms with E-state index >= 15 is 0 Å². The van der Waals surface area contributed by atoms with Gasteiger partial charge in [-0.25, -0.2) is 4.98 Å². The number of aromatic hydroxyl groups is 1. The lowest BCUT2D eigenvalue weighted by Crippen LogP contribution is -2.37. The van der Waals surface area contributed by atoms with Crippen molar-refractivity contribution in [3.63, 3.8) is 0 Å². The third-order valence-electron chi connectivity index (χ3n) is 5.88. The maximum Gasteiger partial charge on any atom is 0.230 e. The van der Waals surface area contributed by atoms with Crippen molar-refractivity contribution in [3.8, 4) is 5.88 Å². The average Bonchev–Trinajstić information content (AvgIpc) is 3.35. The molecule has 1 atom stereocenters. The minimum Gasteiger partial charge on any atom is -0.492 e. The first kappa shape index (κ1) is 18.3. The molecular weight excluding hydrogens is 380 g/mol. The van der Waals surface area contributed by atoms with Crippen molar-refractivity contribution in [2.24, 2.45) is 5.92 Å². The largest absolute Gasteiger partial charge is 0.492 e. The number of hydrogen-bond acceptors (Lipinski definition) is 5. The van der Waals surface area contributed by atoms with E-state index in [1.165, 1.54) is 46.1 Å². The molecule has 29 heavy (non-hydrogen) atoms. The molecule has 0 bridgehead atoms. The summed E-state index contributed by atoms with van der Waals surface area (Å²) in [6.45, 7) is 2.04. The molecule has 3 heterocycles. The van der Waals surface area contributed by atoms with Crippen molar-refractivity contribution in [2.45, 2.75) is 25.3 Å². The molecular formula is C23H24N4OS. The summed E-state index contributed by atoms with van der Waals surface area (Å²) in [5, 5.41) is 15.0. The number of thiazole rings is 1. The van der Waals surface area contributed by atoms with E-state index in [2.05, 4.69) is 69.6 Å². The van der Waals surface area contributed by atoms with Gasteiger partial charge in [0.1, 0.15) is 6.33 Å². The van der Waals surface area contributed by atoms with Crippen molar-refractivity contribution in [3.05, 3.63) is 83.0 Å². The van der Waals surface area contributed by atoms with Crippen molar-refractivity contribution in [2.75, 3.05) is 13.1 Å². The highest BCUT2D eigenvalue weighted by Crippen LogP contribution is 2.41. The molecule has 4 aromatic rings. The Labute approximate surface area is 174 Å². The molecule has 0 unspecified atom stereocenters. The molecule has 0 radical (unpaired) electrons. The van der Waals surface area contributed by atoms with E-state index in [-0.39, 0.29) is 11.9 Å². The minimum atomic E-state index is 0.0300. The molecule has 5 rings (SSSR count). The van der Waals surface area contributed by atoms with Gasteiger partial charge < -0.3 is 5.11 Å². The van der Waals surface area contributed by atoms with E-state index in [0.717, 1.165) is 29.3 Å². The fourth-order valence-electron chi connectivity index (χ4n) is 4.40. The Morgan fingerprint density at radius 2 is 1.69 bits per heavy atom. The topological polar surface area (TPSA) is 53.7 Å². The third-order valence-corrected chi connectivity index (χ3v) is 6.97. The Bertz CT molecular complexity index is 1070. The van der Waals surface area contributed by atoms with Crippen LogP contribution in [0.25, 0.3) is 4.96 Å². The SMILES string of the molecule is Oc1c([C@H](c2ccccc2)N2CCC(Cc3ccccc3)CC2)sc2ncnn12. The number of rotatable bonds is 5. The Balaban J connectivity index is 1.39. The van der Waals surface area contributed by atoms with Gasteiger partial charge in [-0.05, 0) is 49.4 Å². The predicted molar refractivity (Wildman–Crippen MR) is 115 cm³/mol. The second-order valence-electron chi connectivity index (χ2n) is 7.73. The normalized spacial score (nSPS) is 17.0. The van der Waals surface area contributed by atoms with Crippen LogP contribution >= 0.6 is 11.3 Å². The number of piperidine rings is 1. The first-order chi connectivity index (χ1) is 14.3. The number of fused-ring (bicyclic) bond motifs is 1. The van der Waals surface area contributed by atoms with Crippen LogP contribution in [0, 0.1) is 5.92 Å². The number of hydrogen-bond donors (Lipinski definition) is 1. The van der Waals surface area contributed by atoms with Gasteiger partial charge in [-0.1, -0.05) is 72.0 Å². The fourth-order valence-corrected chi connectivity index (χ4v) is 5.49. The van der Waals surface area contributed by atoms with Crippen LogP contribution in [0.15, 0.2) is 67.0 Å². The predicted octanol–water partition coefficient (Wildman–Crippen LogP) is 4.54. The fraction of sp³-hybridized carbons (Fsp3) is 0.304. The summed E-state index contributed by atoms with van der Waals surface area (Å²) in [6.07, 6.45) is 4.97. The van der Waals surface area contributed by atoms with Gasteiger partial charge in [-0.2, -0.15) is 9.61 Å². The average molecular weight is 405 g/mol. The summed E-state index contributed by atoms with van der Waals surface area (Å²) in [7, 11) is 0. The molecule has 1 aliphatic heterocycles. The zero-order chi connectivity index (χ0) is 19.6. The summed E-state index contributed by atoms with van der Waals surface area (Å²) in [5.41, 5.74) is 2.63. The lowest BCUT2D eigenvalue weighted by molar-refractivity contribution is 0.150. The lowest BCUT2D eigenvalue weighted by atomic mass is 9.89. The van der Waals surface area contributed by atoms with Gasteiger partial charge in [-0.3, -0.25) is 4.90 Å². The number of aromatic nitrogens is 3. The highest BCUT2D eigenvalue weighted by Gasteiger charge is 2.31. The van der Waals surface area contributed by atoms with Gasteiger partial charge in [0.05, 0.1) is 10.9 Å². The molecule has 2 aromatic heterocycles. The smallest absolute Gasteiger partial charge is 0.230 e. The summed E-state index contributed by atoms with van der Waals surface area (Å²) in [6, 6.07) is 21.3. The molecule has 1 saturated heterocycles. The zero-order valence-corrected chi connectivity index (χ0v) is 17.0. The molecule has 0 aliphatic carbocycles. The second-order valence-corrected chi connectivity index (χ2v) is 8.74. The molecule has 1 aliphatic rings. The van der Waals surface area contributed by atoms with Crippen molar-refractivity contribution in [1.29, 1.82) is 0 Å². The summed E-state index contributed by atoms with van der Waals surface area (Å²) >= 11 is 1.53. The molecule has 2 aromatic carbocycles. The molecule has 0 amide bonds. The standard InChI is InChI=1S/C23H24N4OS/c28-22-21(29-23-24-16-25-27(22)23)20(19-9-5-2-6-10-19)26-13-11-18(12-14-26)15-17-7-3-1-4-8-17/h1-10,16,18,20,28H,11-15H2/t20-/m0/s1. The van der Waals surface area contributed by atoms with Crippen LogP contribution in [0.2, 0.25) is 0 Å². The third kappa shape index (κ3) is 3.66. The lowest BCUT2D eigenvalue weighted by Gasteiger charge is -2.37. The van der Waals surface area contributed by atoms with Crippen LogP contribution in [0.5, 0.6) is 5.88 Å². The van der Waals surface area contributed by atoms with Crippen LogP contribution in [-0.2, 0) is 6.42 Å². The number of nitrogens with zero attached hydrogens (tertiary/aromatic N) is 4. The first-order valence-corrected chi connectivity index (χ1v) is 11.0. The summed E-state index contributed by atoms with van der Waals surface area (Å²) in [4.78, 5) is 8.43. The van der Waals surface area contributed by atoms with Gasteiger partial charge >= 0.3 is 0 Å². The van der Waals surface area contributed by atoms with Crippen LogP contribution in [0.3, 0.4) is 0 Å². The molecule has 0 spiro atoms. The number of likely N-dealkylation sites (tertiary alicyclic amines) is 1. The minimum absolute atomic E-state index is 0.0300. The highest BCUT2D eigenvalue weighted by atomic mass is 32.1. The molecule has 0 saturated carbocycles. The van der Waals surface area contributed by atoms with Gasteiger partial charge in [0.2, 0.25) is 10.8 Å². The summed E-state index contributed by atoms with van der Waals surface area (Å²) < 4.78 is 1.54. The highest BCUT2D eigenvalue weighted by molar-refractivity contribution is 7.17. The zero-order valence-electron chi connectivity index (χ0n) is 16.2.